The Labute approximate surface area is 288 Å². The van der Waals surface area contributed by atoms with Crippen molar-refractivity contribution in [3.05, 3.63) is 118 Å². The largest absolute Gasteiger partial charge is 0.497 e. The first-order chi connectivity index (χ1) is 23.2. The van der Waals surface area contributed by atoms with Crippen LogP contribution in [0.25, 0.3) is 0 Å². The molecule has 48 heavy (non-hydrogen) atoms. The number of methoxy groups -OCH3 is 2. The molecule has 4 aromatic rings. The second-order valence-corrected chi connectivity index (χ2v) is 14.0. The molecule has 0 aromatic heterocycles. The molecule has 0 radical (unpaired) electrons. The Hall–Kier alpha value is -4.39. The molecule has 1 aliphatic rings. The van der Waals surface area contributed by atoms with E-state index < -0.39 is 27.4 Å². The van der Waals surface area contributed by atoms with Gasteiger partial charge in [-0.2, -0.15) is 0 Å². The number of nitrogens with zero attached hydrogens (tertiary/aromatic N) is 1. The highest BCUT2D eigenvalue weighted by Crippen LogP contribution is 2.45. The first kappa shape index (κ1) is 34.9. The number of hydrogen-bond acceptors (Lipinski definition) is 9. The average Bonchev–Trinajstić information content (AvgIpc) is 3.51. The summed E-state index contributed by atoms with van der Waals surface area (Å²) in [7, 11) is -0.719. The highest BCUT2D eigenvalue weighted by atomic mass is 79.9. The number of aliphatic hydroxyl groups is 1. The summed E-state index contributed by atoms with van der Waals surface area (Å²) < 4.78 is 50.9. The van der Waals surface area contributed by atoms with Gasteiger partial charge in [0.05, 0.1) is 31.5 Å². The van der Waals surface area contributed by atoms with Gasteiger partial charge < -0.3 is 29.4 Å². The fourth-order valence-corrected chi connectivity index (χ4v) is 7.28. The number of amides is 1. The number of aliphatic imine (C=N–C) groups is 1. The van der Waals surface area contributed by atoms with Crippen LogP contribution < -0.4 is 19.5 Å². The fraction of sp³-hybridized carbons (Fsp3) is 0.278. The van der Waals surface area contributed by atoms with Crippen LogP contribution in [0.1, 0.15) is 35.6 Å². The monoisotopic (exact) mass is 736 g/mol. The third-order valence-electron chi connectivity index (χ3n) is 8.01. The normalized spacial score (nSPS) is 17.2. The number of carbonyl (C=O) groups excluding carboxylic acids is 1. The third kappa shape index (κ3) is 7.83. The quantitative estimate of drug-likeness (QED) is 0.149. The van der Waals surface area contributed by atoms with Gasteiger partial charge in [-0.3, -0.25) is 4.79 Å². The average molecular weight is 738 g/mol. The van der Waals surface area contributed by atoms with Gasteiger partial charge in [-0.05, 0) is 54.6 Å². The smallest absolute Gasteiger partial charge is 0.252 e. The van der Waals surface area contributed by atoms with Crippen LogP contribution in [0.15, 0.2) is 111 Å². The maximum absolute atomic E-state index is 14.6. The SMILES string of the molecule is COc1ccc(CNC(=O)[C@]2(CCS(=O)(=O)c3ccccc3)N=C(c3ccc(OCCCO)cc3)O[C@@H]2c2ccccc2Br)c(OC)c1. The van der Waals surface area contributed by atoms with Gasteiger partial charge in [-0.15, -0.1) is 0 Å². The van der Waals surface area contributed by atoms with Crippen molar-refractivity contribution in [2.24, 2.45) is 4.99 Å². The van der Waals surface area contributed by atoms with E-state index in [1.807, 2.05) is 24.3 Å². The zero-order valence-corrected chi connectivity index (χ0v) is 29.0. The van der Waals surface area contributed by atoms with E-state index in [1.54, 1.807) is 67.8 Å². The van der Waals surface area contributed by atoms with Gasteiger partial charge in [0.1, 0.15) is 17.2 Å². The lowest BCUT2D eigenvalue weighted by Crippen LogP contribution is -2.49. The molecule has 0 unspecified atom stereocenters. The third-order valence-corrected chi connectivity index (χ3v) is 10.5. The van der Waals surface area contributed by atoms with Crippen LogP contribution in [0.5, 0.6) is 17.2 Å². The molecule has 0 saturated heterocycles. The van der Waals surface area contributed by atoms with Crippen molar-refractivity contribution in [3.8, 4) is 17.2 Å². The van der Waals surface area contributed by atoms with Crippen molar-refractivity contribution in [3.63, 3.8) is 0 Å². The molecule has 0 fully saturated rings. The molecular formula is C36H37BrN2O8S. The molecule has 2 atom stereocenters. The Morgan fingerprint density at radius 2 is 1.67 bits per heavy atom. The van der Waals surface area contributed by atoms with Gasteiger partial charge in [0.25, 0.3) is 5.91 Å². The summed E-state index contributed by atoms with van der Waals surface area (Å²) in [4.78, 5) is 19.7. The zero-order chi connectivity index (χ0) is 34.1. The summed E-state index contributed by atoms with van der Waals surface area (Å²) in [5.41, 5.74) is 0.223. The lowest BCUT2D eigenvalue weighted by atomic mass is 9.85. The Morgan fingerprint density at radius 3 is 2.35 bits per heavy atom. The summed E-state index contributed by atoms with van der Waals surface area (Å²) >= 11 is 3.61. The van der Waals surface area contributed by atoms with E-state index in [-0.39, 0.29) is 36.1 Å². The van der Waals surface area contributed by atoms with Crippen molar-refractivity contribution in [1.82, 2.24) is 5.32 Å². The summed E-state index contributed by atoms with van der Waals surface area (Å²) in [5.74, 6) is 1.03. The standard InChI is InChI=1S/C36H37BrN2O8S/c1-44-28-18-15-26(32(23-28)45-2)24-38-35(41)36(19-22-48(42,43)29-9-4-3-5-10-29)33(30-11-6-7-12-31(30)37)47-34(39-36)25-13-16-27(17-14-25)46-21-8-20-40/h3-7,9-18,23,33,40H,8,19-22,24H2,1-2H3,(H,38,41)/t33-,36-/m1/s1. The van der Waals surface area contributed by atoms with E-state index in [4.69, 9.17) is 29.0 Å². The predicted molar refractivity (Wildman–Crippen MR) is 185 cm³/mol. The Bertz CT molecular complexity index is 1850. The van der Waals surface area contributed by atoms with Crippen LogP contribution in [0.2, 0.25) is 0 Å². The minimum atomic E-state index is -3.80. The van der Waals surface area contributed by atoms with Gasteiger partial charge in [-0.1, -0.05) is 52.3 Å². The summed E-state index contributed by atoms with van der Waals surface area (Å²) in [6.45, 7) is 0.455. The first-order valence-corrected chi connectivity index (χ1v) is 17.8. The molecule has 4 aromatic carbocycles. The van der Waals surface area contributed by atoms with Gasteiger partial charge >= 0.3 is 0 Å². The lowest BCUT2D eigenvalue weighted by molar-refractivity contribution is -0.129. The molecule has 10 nitrogen and oxygen atoms in total. The highest BCUT2D eigenvalue weighted by Gasteiger charge is 2.54. The zero-order valence-electron chi connectivity index (χ0n) is 26.6. The Kier molecular flexibility index (Phi) is 11.4. The first-order valence-electron chi connectivity index (χ1n) is 15.3. The maximum Gasteiger partial charge on any atom is 0.252 e. The minimum absolute atomic E-state index is 0.0224. The molecule has 1 aliphatic heterocycles. The second kappa shape index (κ2) is 15.7. The topological polar surface area (TPSA) is 133 Å². The van der Waals surface area contributed by atoms with E-state index in [1.165, 1.54) is 19.2 Å². The number of ether oxygens (including phenoxy) is 4. The van der Waals surface area contributed by atoms with Crippen LogP contribution in [0, 0.1) is 0 Å². The van der Waals surface area contributed by atoms with Crippen molar-refractivity contribution < 1.29 is 37.3 Å². The molecule has 0 spiro atoms. The van der Waals surface area contributed by atoms with Crippen LogP contribution in [-0.2, 0) is 25.9 Å². The van der Waals surface area contributed by atoms with E-state index in [9.17, 15) is 13.2 Å². The summed E-state index contributed by atoms with van der Waals surface area (Å²) in [5, 5.41) is 12.1. The van der Waals surface area contributed by atoms with Crippen molar-refractivity contribution in [2.45, 2.75) is 35.9 Å². The lowest BCUT2D eigenvalue weighted by Gasteiger charge is -2.31. The predicted octanol–water partition coefficient (Wildman–Crippen LogP) is 5.66. The van der Waals surface area contributed by atoms with Gasteiger partial charge in [0.2, 0.25) is 5.90 Å². The number of aliphatic hydroxyl groups excluding tert-OH is 1. The van der Waals surface area contributed by atoms with Crippen LogP contribution in [0.3, 0.4) is 0 Å². The molecule has 0 bridgehead atoms. The van der Waals surface area contributed by atoms with Crippen molar-refractivity contribution in [1.29, 1.82) is 0 Å². The Balaban J connectivity index is 1.56. The second-order valence-electron chi connectivity index (χ2n) is 11.1. The molecule has 2 N–H and O–H groups in total. The van der Waals surface area contributed by atoms with Crippen molar-refractivity contribution >= 4 is 37.6 Å². The number of nitrogens with one attached hydrogen (secondary N) is 1. The number of carbonyl (C=O) groups is 1. The van der Waals surface area contributed by atoms with E-state index in [2.05, 4.69) is 21.2 Å². The number of benzene rings is 4. The number of rotatable bonds is 15. The molecule has 252 valence electrons. The van der Waals surface area contributed by atoms with Crippen molar-refractivity contribution in [2.75, 3.05) is 33.2 Å². The van der Waals surface area contributed by atoms with Gasteiger partial charge in [0, 0.05) is 53.2 Å². The number of hydrogen-bond donors (Lipinski definition) is 2. The summed E-state index contributed by atoms with van der Waals surface area (Å²) in [6, 6.07) is 27.8. The minimum Gasteiger partial charge on any atom is -0.497 e. The van der Waals surface area contributed by atoms with Gasteiger partial charge in [0.15, 0.2) is 21.5 Å². The van der Waals surface area contributed by atoms with Crippen LogP contribution in [0.4, 0.5) is 0 Å². The molecule has 0 aliphatic carbocycles. The molecule has 1 heterocycles. The number of halogens is 1. The fourth-order valence-electron chi connectivity index (χ4n) is 5.40. The molecule has 0 saturated carbocycles. The summed E-state index contributed by atoms with van der Waals surface area (Å²) in [6.07, 6.45) is -0.655. The number of sulfone groups is 1. The molecular weight excluding hydrogens is 700 g/mol. The van der Waals surface area contributed by atoms with E-state index in [0.717, 1.165) is 0 Å². The Morgan fingerprint density at radius 1 is 0.958 bits per heavy atom. The highest BCUT2D eigenvalue weighted by molar-refractivity contribution is 9.10. The maximum atomic E-state index is 14.6. The van der Waals surface area contributed by atoms with E-state index >= 15 is 0 Å². The molecule has 1 amide bonds. The molecule has 12 heteroatoms. The van der Waals surface area contributed by atoms with Crippen LogP contribution >= 0.6 is 15.9 Å². The molecule has 5 rings (SSSR count). The van der Waals surface area contributed by atoms with Crippen LogP contribution in [-0.4, -0.2) is 64.1 Å². The van der Waals surface area contributed by atoms with Gasteiger partial charge in [-0.25, -0.2) is 13.4 Å². The van der Waals surface area contributed by atoms with E-state index in [0.29, 0.717) is 51.4 Å².